The molecule has 4 aromatic carbocycles. The van der Waals surface area contributed by atoms with Crippen LogP contribution in [0.4, 0.5) is 54.2 Å². The van der Waals surface area contributed by atoms with Crippen molar-refractivity contribution in [3.63, 3.8) is 0 Å². The molecule has 1 atom stereocenters. The van der Waals surface area contributed by atoms with Gasteiger partial charge >= 0.3 is 18.3 Å². The van der Waals surface area contributed by atoms with Crippen LogP contribution in [0.25, 0.3) is 32.3 Å². The molecule has 0 aliphatic rings. The Morgan fingerprint density at radius 1 is 0.647 bits per heavy atom. The van der Waals surface area contributed by atoms with Crippen LogP contribution in [0, 0.1) is 30.2 Å². The van der Waals surface area contributed by atoms with Crippen molar-refractivity contribution in [3.8, 4) is 32.3 Å². The van der Waals surface area contributed by atoms with Crippen LogP contribution in [0.2, 0.25) is 0 Å². The van der Waals surface area contributed by atoms with Crippen molar-refractivity contribution in [1.29, 1.82) is 0 Å². The summed E-state index contributed by atoms with van der Waals surface area (Å²) in [5, 5.41) is 4.19. The first-order chi connectivity index (χ1) is 32.0. The number of aromatic nitrogens is 3. The molecule has 7 rings (SSSR count). The lowest BCUT2D eigenvalue weighted by molar-refractivity contribution is -0.138. The van der Waals surface area contributed by atoms with Gasteiger partial charge in [-0.15, -0.1) is 11.3 Å². The third-order valence-electron chi connectivity index (χ3n) is 9.04. The second kappa shape index (κ2) is 20.9. The minimum Gasteiger partial charge on any atom is -0.461 e. The van der Waals surface area contributed by atoms with Crippen LogP contribution < -0.4 is 10.6 Å². The SMILES string of the molecule is CC(Br)C(=O)c1nc(NC(=O)c2c(F)cccc2F)sc1-c1cccc(C(F)(F)F)c1.CCOC(=O)c1nc(-c2nc(NC(=O)c3c(F)cccc3F)sc2-c2cccc(C(F)(F)F)c2)c(C)s1. The van der Waals surface area contributed by atoms with Crippen molar-refractivity contribution < 1.29 is 67.8 Å². The van der Waals surface area contributed by atoms with E-state index in [4.69, 9.17) is 4.74 Å². The number of aryl methyl sites for hydroxylation is 1. The summed E-state index contributed by atoms with van der Waals surface area (Å²) >= 11 is 5.61. The predicted octanol–water partition coefficient (Wildman–Crippen LogP) is 13.3. The van der Waals surface area contributed by atoms with Gasteiger partial charge in [0.05, 0.1) is 32.3 Å². The Kier molecular flexibility index (Phi) is 15.7. The van der Waals surface area contributed by atoms with Crippen LogP contribution in [-0.4, -0.2) is 50.0 Å². The number of ketones is 1. The highest BCUT2D eigenvalue weighted by atomic mass is 79.9. The highest BCUT2D eigenvalue weighted by molar-refractivity contribution is 9.10. The summed E-state index contributed by atoms with van der Waals surface area (Å²) in [5.74, 6) is -7.89. The van der Waals surface area contributed by atoms with Gasteiger partial charge in [0.2, 0.25) is 5.01 Å². The fourth-order valence-corrected chi connectivity index (χ4v) is 8.92. The first kappa shape index (κ1) is 51.0. The number of thiazole rings is 3. The van der Waals surface area contributed by atoms with Gasteiger partial charge in [-0.2, -0.15) is 26.3 Å². The van der Waals surface area contributed by atoms with Gasteiger partial charge in [-0.05, 0) is 80.4 Å². The van der Waals surface area contributed by atoms with E-state index in [2.05, 4.69) is 41.5 Å². The number of rotatable bonds is 11. The molecule has 0 aliphatic carbocycles. The van der Waals surface area contributed by atoms with Crippen LogP contribution >= 0.6 is 49.9 Å². The van der Waals surface area contributed by atoms with E-state index in [-0.39, 0.29) is 59.8 Å². The maximum atomic E-state index is 14.1. The smallest absolute Gasteiger partial charge is 0.416 e. The largest absolute Gasteiger partial charge is 0.461 e. The average molecular weight is 1070 g/mol. The second-order valence-corrected chi connectivity index (χ2v) is 18.4. The molecule has 10 nitrogen and oxygen atoms in total. The first-order valence-electron chi connectivity index (χ1n) is 19.2. The van der Waals surface area contributed by atoms with Crippen LogP contribution in [0.1, 0.15) is 70.9 Å². The molecule has 0 radical (unpaired) electrons. The van der Waals surface area contributed by atoms with Crippen LogP contribution in [-0.2, 0) is 17.1 Å². The Hall–Kier alpha value is -6.37. The van der Waals surface area contributed by atoms with Crippen LogP contribution in [0.5, 0.6) is 0 Å². The van der Waals surface area contributed by atoms with Crippen molar-refractivity contribution in [1.82, 2.24) is 15.0 Å². The predicted molar refractivity (Wildman–Crippen MR) is 238 cm³/mol. The molecule has 24 heteroatoms. The van der Waals surface area contributed by atoms with Gasteiger partial charge in [0.1, 0.15) is 51.5 Å². The number of ether oxygens (including phenoxy) is 1. The zero-order chi connectivity index (χ0) is 49.8. The molecule has 0 saturated heterocycles. The number of hydrogen-bond acceptors (Lipinski definition) is 11. The van der Waals surface area contributed by atoms with Gasteiger partial charge in [-0.1, -0.05) is 75.0 Å². The summed E-state index contributed by atoms with van der Waals surface area (Å²) in [7, 11) is 0. The number of nitrogens with one attached hydrogen (secondary N) is 2. The van der Waals surface area contributed by atoms with Gasteiger partial charge in [0.15, 0.2) is 16.0 Å². The summed E-state index contributed by atoms with van der Waals surface area (Å²) < 4.78 is 140. The number of esters is 1. The standard InChI is InChI=1S/C24H16F5N3O3S2.C20H12BrF5N2O2S/c1-3-35-22(34)21-30-17(11(2)36-21)18-19(12-6-4-7-13(10-12)24(27,28)29)37-23(31-18)32-20(33)16-14(25)8-5-9-15(16)26;1-9(21)16(29)15-17(10-4-2-5-11(8-10)20(24,25)26)31-19(27-15)28-18(30)14-12(22)6-3-7-13(14)23/h4-10H,3H2,1-2H3,(H,31,32,33);2-9H,1H3,(H,27,28,30). The molecule has 2 amide bonds. The highest BCUT2D eigenvalue weighted by Gasteiger charge is 2.33. The van der Waals surface area contributed by atoms with Crippen molar-refractivity contribution in [2.45, 2.75) is 38.0 Å². The first-order valence-corrected chi connectivity index (χ1v) is 22.6. The molecule has 68 heavy (non-hydrogen) atoms. The topological polar surface area (TPSA) is 140 Å². The van der Waals surface area contributed by atoms with Crippen molar-refractivity contribution >= 4 is 83.8 Å². The number of hydrogen-bond donors (Lipinski definition) is 2. The third-order valence-corrected chi connectivity index (χ3v) is 12.5. The normalized spacial score (nSPS) is 11.9. The van der Waals surface area contributed by atoms with Gasteiger partial charge in [-0.3, -0.25) is 25.0 Å². The molecule has 0 fully saturated rings. The van der Waals surface area contributed by atoms with E-state index < -0.39 is 86.3 Å². The monoisotopic (exact) mass is 1070 g/mol. The molecule has 1 unspecified atom stereocenters. The fraction of sp³-hybridized carbons (Fsp3) is 0.159. The molecule has 354 valence electrons. The molecular formula is C44H28BrF10N5O5S3. The van der Waals surface area contributed by atoms with E-state index in [0.29, 0.717) is 16.2 Å². The maximum absolute atomic E-state index is 14.1. The second-order valence-electron chi connectivity index (χ2n) is 13.8. The Labute approximate surface area is 398 Å². The van der Waals surface area contributed by atoms with Crippen LogP contribution in [0.15, 0.2) is 84.9 Å². The van der Waals surface area contributed by atoms with Crippen molar-refractivity contribution in [2.24, 2.45) is 0 Å². The summed E-state index contributed by atoms with van der Waals surface area (Å²) in [6.45, 7) is 4.88. The van der Waals surface area contributed by atoms with Gasteiger partial charge < -0.3 is 4.74 Å². The molecule has 0 bridgehead atoms. The van der Waals surface area contributed by atoms with Crippen LogP contribution in [0.3, 0.4) is 0 Å². The van der Waals surface area contributed by atoms with Gasteiger partial charge in [-0.25, -0.2) is 37.3 Å². The van der Waals surface area contributed by atoms with Gasteiger partial charge in [0.25, 0.3) is 11.8 Å². The Morgan fingerprint density at radius 2 is 1.09 bits per heavy atom. The number of alkyl halides is 7. The quantitative estimate of drug-likeness (QED) is 0.0565. The summed E-state index contributed by atoms with van der Waals surface area (Å²) in [4.78, 5) is 62.3. The number of amides is 2. The van der Waals surface area contributed by atoms with Gasteiger partial charge in [0, 0.05) is 4.88 Å². The fourth-order valence-electron chi connectivity index (χ4n) is 5.97. The molecule has 7 aromatic rings. The Bertz CT molecular complexity index is 3020. The van der Waals surface area contributed by atoms with E-state index in [1.165, 1.54) is 31.2 Å². The molecule has 0 saturated carbocycles. The summed E-state index contributed by atoms with van der Waals surface area (Å²) in [6.07, 6.45) is -9.22. The minimum absolute atomic E-state index is 0.0105. The number of nitrogens with zero attached hydrogens (tertiary/aromatic N) is 3. The number of carbonyl (C=O) groups excluding carboxylic acids is 4. The van der Waals surface area contributed by atoms with E-state index in [1.54, 1.807) is 13.8 Å². The summed E-state index contributed by atoms with van der Waals surface area (Å²) in [5.41, 5.74) is -3.26. The molecule has 2 N–H and O–H groups in total. The highest BCUT2D eigenvalue weighted by Crippen LogP contribution is 2.43. The third kappa shape index (κ3) is 11.7. The van der Waals surface area contributed by atoms with Crippen molar-refractivity contribution in [3.05, 3.63) is 146 Å². The minimum atomic E-state index is -4.62. The average Bonchev–Trinajstić information content (AvgIpc) is 4.00. The number of Topliss-reactive ketones (excluding diaryl/α,β-unsaturated/α-hetero) is 1. The Morgan fingerprint density at radius 3 is 1.54 bits per heavy atom. The molecule has 3 heterocycles. The Balaban J connectivity index is 0.000000228. The lowest BCUT2D eigenvalue weighted by atomic mass is 10.1. The van der Waals surface area contributed by atoms with E-state index in [0.717, 1.165) is 83.3 Å². The maximum Gasteiger partial charge on any atom is 0.416 e. The van der Waals surface area contributed by atoms with E-state index in [1.807, 2.05) is 0 Å². The van der Waals surface area contributed by atoms with E-state index >= 15 is 0 Å². The molecule has 3 aromatic heterocycles. The zero-order valence-electron chi connectivity index (χ0n) is 34.6. The molecular weight excluding hydrogens is 1040 g/mol. The van der Waals surface area contributed by atoms with Crippen molar-refractivity contribution in [2.75, 3.05) is 17.2 Å². The van der Waals surface area contributed by atoms with E-state index in [9.17, 15) is 63.1 Å². The number of carbonyl (C=O) groups is 4. The number of anilines is 2. The number of benzene rings is 4. The number of halogens is 11. The summed E-state index contributed by atoms with van der Waals surface area (Å²) in [6, 6.07) is 14.5. The molecule has 0 spiro atoms. The lowest BCUT2D eigenvalue weighted by Crippen LogP contribution is -2.16. The lowest BCUT2D eigenvalue weighted by Gasteiger charge is -2.08. The molecule has 0 aliphatic heterocycles. The zero-order valence-corrected chi connectivity index (χ0v) is 38.7.